The highest BCUT2D eigenvalue weighted by molar-refractivity contribution is 6.09. The van der Waals surface area contributed by atoms with Crippen LogP contribution in [0.1, 0.15) is 26.7 Å². The maximum atomic E-state index is 12.2. The number of amides is 2. The van der Waals surface area contributed by atoms with E-state index in [-0.39, 0.29) is 11.8 Å². The summed E-state index contributed by atoms with van der Waals surface area (Å²) in [6, 6.07) is 0. The van der Waals surface area contributed by atoms with Gasteiger partial charge in [0.2, 0.25) is 0 Å². The fourth-order valence-electron chi connectivity index (χ4n) is 2.37. The smallest absolute Gasteiger partial charge is 0.257 e. The number of fused-ring (bicyclic) bond motifs is 1. The molecule has 0 N–H and O–H groups in total. The molecule has 0 aromatic carbocycles. The predicted octanol–water partition coefficient (Wildman–Crippen LogP) is 0.948. The second-order valence-corrected chi connectivity index (χ2v) is 4.04. The summed E-state index contributed by atoms with van der Waals surface area (Å²) in [5, 5.41) is 3.16. The van der Waals surface area contributed by atoms with Gasteiger partial charge in [-0.15, -0.1) is 0 Å². The van der Waals surface area contributed by atoms with Crippen molar-refractivity contribution in [2.45, 2.75) is 26.7 Å². The molecule has 2 heterocycles. The zero-order valence-electron chi connectivity index (χ0n) is 9.19. The van der Waals surface area contributed by atoms with Crippen LogP contribution in [0.3, 0.4) is 0 Å². The van der Waals surface area contributed by atoms with Crippen LogP contribution < -0.4 is 0 Å². The molecule has 0 atom stereocenters. The van der Waals surface area contributed by atoms with Crippen molar-refractivity contribution < 1.29 is 9.59 Å². The van der Waals surface area contributed by atoms with Gasteiger partial charge in [-0.2, -0.15) is 0 Å². The number of hydrogen-bond donors (Lipinski definition) is 0. The molecular formula is C11H16N2O2. The number of hydrogen-bond acceptors (Lipinski definition) is 2. The van der Waals surface area contributed by atoms with Gasteiger partial charge in [0.15, 0.2) is 0 Å². The lowest BCUT2D eigenvalue weighted by Crippen LogP contribution is -2.43. The molecule has 82 valence electrons. The lowest BCUT2D eigenvalue weighted by atomic mass is 9.81. The molecule has 2 aliphatic rings. The van der Waals surface area contributed by atoms with E-state index in [1.54, 1.807) is 10.0 Å². The highest BCUT2D eigenvalue weighted by atomic mass is 16.2. The molecule has 2 rings (SSSR count). The van der Waals surface area contributed by atoms with E-state index in [1.165, 1.54) is 0 Å². The Balaban J connectivity index is 2.39. The van der Waals surface area contributed by atoms with Crippen molar-refractivity contribution in [3.63, 3.8) is 0 Å². The highest BCUT2D eigenvalue weighted by Crippen LogP contribution is 2.38. The van der Waals surface area contributed by atoms with E-state index in [9.17, 15) is 9.59 Å². The molecule has 0 aromatic heterocycles. The molecular weight excluding hydrogens is 192 g/mol. The third-order valence-electron chi connectivity index (χ3n) is 3.51. The van der Waals surface area contributed by atoms with Crippen LogP contribution in [0, 0.1) is 5.41 Å². The van der Waals surface area contributed by atoms with Crippen LogP contribution in [0.2, 0.25) is 0 Å². The number of carbonyl (C=O) groups excluding carboxylic acids is 2. The van der Waals surface area contributed by atoms with E-state index in [4.69, 9.17) is 0 Å². The molecule has 0 bridgehead atoms. The molecule has 0 aromatic rings. The Hall–Kier alpha value is -1.32. The average molecular weight is 208 g/mol. The van der Waals surface area contributed by atoms with Crippen molar-refractivity contribution in [2.24, 2.45) is 5.41 Å². The highest BCUT2D eigenvalue weighted by Gasteiger charge is 2.55. The largest absolute Gasteiger partial charge is 0.272 e. The zero-order valence-corrected chi connectivity index (χ0v) is 9.19. The third kappa shape index (κ3) is 1.14. The minimum Gasteiger partial charge on any atom is -0.272 e. The Morgan fingerprint density at radius 1 is 1.07 bits per heavy atom. The van der Waals surface area contributed by atoms with Gasteiger partial charge in [-0.3, -0.25) is 9.59 Å². The summed E-state index contributed by atoms with van der Waals surface area (Å²) in [5.41, 5.74) is -0.786. The topological polar surface area (TPSA) is 40.6 Å². The maximum Gasteiger partial charge on any atom is 0.257 e. The molecule has 1 saturated heterocycles. The normalized spacial score (nSPS) is 23.6. The van der Waals surface area contributed by atoms with Crippen LogP contribution >= 0.6 is 0 Å². The van der Waals surface area contributed by atoms with Crippen LogP contribution in [0.25, 0.3) is 0 Å². The first-order valence-corrected chi connectivity index (χ1v) is 5.46. The Bertz CT molecular complexity index is 303. The van der Waals surface area contributed by atoms with Crippen LogP contribution in [0.15, 0.2) is 12.2 Å². The molecule has 0 radical (unpaired) electrons. The van der Waals surface area contributed by atoms with Gasteiger partial charge in [-0.25, -0.2) is 10.0 Å². The van der Waals surface area contributed by atoms with Crippen molar-refractivity contribution in [1.82, 2.24) is 10.0 Å². The van der Waals surface area contributed by atoms with Crippen LogP contribution in [-0.4, -0.2) is 34.9 Å². The first-order valence-electron chi connectivity index (χ1n) is 5.46. The fraction of sp³-hybridized carbons (Fsp3) is 0.636. The molecule has 0 unspecified atom stereocenters. The molecule has 0 spiro atoms. The maximum absolute atomic E-state index is 12.2. The van der Waals surface area contributed by atoms with Crippen LogP contribution in [0.5, 0.6) is 0 Å². The zero-order chi connectivity index (χ0) is 11.1. The molecule has 2 aliphatic heterocycles. The Morgan fingerprint density at radius 3 is 1.80 bits per heavy atom. The van der Waals surface area contributed by atoms with Gasteiger partial charge in [-0.1, -0.05) is 26.0 Å². The summed E-state index contributed by atoms with van der Waals surface area (Å²) in [7, 11) is 0. The van der Waals surface area contributed by atoms with Crippen LogP contribution in [0.4, 0.5) is 0 Å². The fourth-order valence-corrected chi connectivity index (χ4v) is 2.37. The summed E-state index contributed by atoms with van der Waals surface area (Å²) in [6.07, 6.45) is 5.05. The van der Waals surface area contributed by atoms with Crippen molar-refractivity contribution in [3.05, 3.63) is 12.2 Å². The van der Waals surface area contributed by atoms with Gasteiger partial charge < -0.3 is 0 Å². The Morgan fingerprint density at radius 2 is 1.47 bits per heavy atom. The summed E-state index contributed by atoms with van der Waals surface area (Å²) in [4.78, 5) is 24.3. The molecule has 15 heavy (non-hydrogen) atoms. The summed E-state index contributed by atoms with van der Waals surface area (Å²) in [6.45, 7) is 4.89. The quantitative estimate of drug-likeness (QED) is 0.500. The lowest BCUT2D eigenvalue weighted by molar-refractivity contribution is -0.145. The first-order chi connectivity index (χ1) is 7.17. The minimum atomic E-state index is -0.786. The second-order valence-electron chi connectivity index (χ2n) is 4.04. The standard InChI is InChI=1S/C11H16N2O2/c1-3-11(4-2)9(14)12-7-5-6-8-13(12)10(11)15/h5-6H,3-4,7-8H2,1-2H3. The Kier molecular flexibility index (Phi) is 2.29. The summed E-state index contributed by atoms with van der Waals surface area (Å²) in [5.74, 6) is -0.0521. The van der Waals surface area contributed by atoms with E-state index in [0.717, 1.165) is 0 Å². The molecule has 4 heteroatoms. The predicted molar refractivity (Wildman–Crippen MR) is 55.6 cm³/mol. The van der Waals surface area contributed by atoms with E-state index >= 15 is 0 Å². The number of rotatable bonds is 2. The van der Waals surface area contributed by atoms with Gasteiger partial charge in [0.05, 0.1) is 13.1 Å². The van der Waals surface area contributed by atoms with E-state index in [1.807, 2.05) is 26.0 Å². The van der Waals surface area contributed by atoms with Crippen molar-refractivity contribution >= 4 is 11.8 Å². The van der Waals surface area contributed by atoms with Gasteiger partial charge in [-0.05, 0) is 12.8 Å². The summed E-state index contributed by atoms with van der Waals surface area (Å²) >= 11 is 0. The van der Waals surface area contributed by atoms with E-state index in [0.29, 0.717) is 25.9 Å². The van der Waals surface area contributed by atoms with E-state index < -0.39 is 5.41 Å². The average Bonchev–Trinajstić information content (AvgIpc) is 2.51. The summed E-state index contributed by atoms with van der Waals surface area (Å²) < 4.78 is 0. The van der Waals surface area contributed by atoms with Gasteiger partial charge in [0, 0.05) is 0 Å². The van der Waals surface area contributed by atoms with Gasteiger partial charge in [0.25, 0.3) is 11.8 Å². The molecule has 0 aliphatic carbocycles. The van der Waals surface area contributed by atoms with Crippen molar-refractivity contribution in [1.29, 1.82) is 0 Å². The Labute approximate surface area is 89.5 Å². The third-order valence-corrected chi connectivity index (χ3v) is 3.51. The number of nitrogens with zero attached hydrogens (tertiary/aromatic N) is 2. The lowest BCUT2D eigenvalue weighted by Gasteiger charge is -2.28. The van der Waals surface area contributed by atoms with Crippen molar-refractivity contribution in [3.8, 4) is 0 Å². The van der Waals surface area contributed by atoms with Crippen LogP contribution in [-0.2, 0) is 9.59 Å². The molecule has 1 fully saturated rings. The van der Waals surface area contributed by atoms with Gasteiger partial charge >= 0.3 is 0 Å². The first kappa shape index (κ1) is 10.2. The number of carbonyl (C=O) groups is 2. The SMILES string of the molecule is CCC1(CC)C(=O)N2CC=CCN2C1=O. The van der Waals surface area contributed by atoms with Crippen molar-refractivity contribution in [2.75, 3.05) is 13.1 Å². The molecule has 0 saturated carbocycles. The molecule has 4 nitrogen and oxygen atoms in total. The van der Waals surface area contributed by atoms with E-state index in [2.05, 4.69) is 0 Å². The minimum absolute atomic E-state index is 0.0261. The number of hydrazine groups is 1. The molecule has 2 amide bonds. The van der Waals surface area contributed by atoms with Gasteiger partial charge in [0.1, 0.15) is 5.41 Å². The second kappa shape index (κ2) is 3.36. The monoisotopic (exact) mass is 208 g/mol.